The first-order valence-electron chi connectivity index (χ1n) is 6.02. The van der Waals surface area contributed by atoms with E-state index in [4.69, 9.17) is 17.3 Å². The number of nitrogen functional groups attached to an aromatic ring is 1. The van der Waals surface area contributed by atoms with Crippen LogP contribution in [0, 0.1) is 18.8 Å². The molecule has 2 rings (SSSR count). The Bertz CT molecular complexity index is 386. The van der Waals surface area contributed by atoms with E-state index in [0.29, 0.717) is 22.8 Å². The Kier molecular flexibility index (Phi) is 3.15. The van der Waals surface area contributed by atoms with Crippen LogP contribution in [0.25, 0.3) is 0 Å². The van der Waals surface area contributed by atoms with Crippen molar-refractivity contribution in [1.82, 2.24) is 9.78 Å². The van der Waals surface area contributed by atoms with Crippen LogP contribution < -0.4 is 5.73 Å². The van der Waals surface area contributed by atoms with Gasteiger partial charge in [-0.2, -0.15) is 5.10 Å². The lowest BCUT2D eigenvalue weighted by Gasteiger charge is -2.34. The van der Waals surface area contributed by atoms with Crippen molar-refractivity contribution >= 4 is 17.4 Å². The summed E-state index contributed by atoms with van der Waals surface area (Å²) in [5.41, 5.74) is 6.85. The van der Waals surface area contributed by atoms with Gasteiger partial charge in [-0.25, -0.2) is 4.68 Å². The standard InChI is InChI=1S/C12H20ClN3/c1-7-5-4-6-10(8(7)2)16-12(14)11(13)9(3)15-16/h7-8,10H,4-6,14H2,1-3H3. The summed E-state index contributed by atoms with van der Waals surface area (Å²) < 4.78 is 1.94. The molecule has 3 atom stereocenters. The topological polar surface area (TPSA) is 43.8 Å². The summed E-state index contributed by atoms with van der Waals surface area (Å²) in [5.74, 6) is 1.98. The number of halogens is 1. The molecule has 0 amide bonds. The lowest BCUT2D eigenvalue weighted by molar-refractivity contribution is 0.176. The number of rotatable bonds is 1. The first-order valence-corrected chi connectivity index (χ1v) is 6.40. The zero-order valence-electron chi connectivity index (χ0n) is 10.2. The normalized spacial score (nSPS) is 30.6. The SMILES string of the molecule is Cc1nn(C2CCCC(C)C2C)c(N)c1Cl. The second-order valence-corrected chi connectivity index (χ2v) is 5.44. The number of nitrogens with zero attached hydrogens (tertiary/aromatic N) is 2. The maximum atomic E-state index is 6.09. The van der Waals surface area contributed by atoms with Gasteiger partial charge in [0.25, 0.3) is 0 Å². The zero-order valence-corrected chi connectivity index (χ0v) is 11.0. The average molecular weight is 242 g/mol. The number of hydrogen-bond donors (Lipinski definition) is 1. The number of anilines is 1. The minimum atomic E-state index is 0.412. The maximum absolute atomic E-state index is 6.09. The molecule has 0 radical (unpaired) electrons. The van der Waals surface area contributed by atoms with Crippen LogP contribution in [-0.2, 0) is 0 Å². The molecule has 3 nitrogen and oxygen atoms in total. The van der Waals surface area contributed by atoms with Crippen molar-refractivity contribution in [3.05, 3.63) is 10.7 Å². The van der Waals surface area contributed by atoms with Crippen molar-refractivity contribution < 1.29 is 0 Å². The molecule has 4 heteroatoms. The van der Waals surface area contributed by atoms with Gasteiger partial charge in [-0.15, -0.1) is 0 Å². The van der Waals surface area contributed by atoms with E-state index in [0.717, 1.165) is 18.0 Å². The molecule has 0 aromatic carbocycles. The summed E-state index contributed by atoms with van der Waals surface area (Å²) in [6.45, 7) is 6.51. The summed E-state index contributed by atoms with van der Waals surface area (Å²) >= 11 is 6.09. The molecular formula is C12H20ClN3. The quantitative estimate of drug-likeness (QED) is 0.819. The monoisotopic (exact) mass is 241 g/mol. The molecule has 1 aliphatic rings. The van der Waals surface area contributed by atoms with Gasteiger partial charge in [0, 0.05) is 0 Å². The van der Waals surface area contributed by atoms with Gasteiger partial charge in [-0.05, 0) is 25.2 Å². The van der Waals surface area contributed by atoms with Crippen LogP contribution in [-0.4, -0.2) is 9.78 Å². The minimum Gasteiger partial charge on any atom is -0.383 e. The number of nitrogens with two attached hydrogens (primary N) is 1. The number of hydrogen-bond acceptors (Lipinski definition) is 2. The molecule has 0 aliphatic heterocycles. The van der Waals surface area contributed by atoms with Crippen LogP contribution in [0.4, 0.5) is 5.82 Å². The molecule has 3 unspecified atom stereocenters. The van der Waals surface area contributed by atoms with Crippen molar-refractivity contribution in [2.75, 3.05) is 5.73 Å². The van der Waals surface area contributed by atoms with E-state index in [1.54, 1.807) is 0 Å². The van der Waals surface area contributed by atoms with Crippen LogP contribution in [0.2, 0.25) is 5.02 Å². The first kappa shape index (κ1) is 11.8. The fourth-order valence-corrected chi connectivity index (χ4v) is 2.82. The molecule has 0 spiro atoms. The van der Waals surface area contributed by atoms with Crippen LogP contribution in [0.5, 0.6) is 0 Å². The maximum Gasteiger partial charge on any atom is 0.141 e. The Balaban J connectivity index is 2.32. The highest BCUT2D eigenvalue weighted by atomic mass is 35.5. The number of aromatic nitrogens is 2. The van der Waals surface area contributed by atoms with Gasteiger partial charge in [-0.1, -0.05) is 38.3 Å². The van der Waals surface area contributed by atoms with E-state index in [2.05, 4.69) is 18.9 Å². The predicted octanol–water partition coefficient (Wildman–Crippen LogP) is 3.42. The summed E-state index contributed by atoms with van der Waals surface area (Å²) in [6, 6.07) is 0.412. The lowest BCUT2D eigenvalue weighted by atomic mass is 9.78. The second-order valence-electron chi connectivity index (χ2n) is 5.06. The van der Waals surface area contributed by atoms with Gasteiger partial charge < -0.3 is 5.73 Å². The first-order chi connectivity index (χ1) is 7.52. The smallest absolute Gasteiger partial charge is 0.141 e. The molecule has 1 fully saturated rings. The molecule has 16 heavy (non-hydrogen) atoms. The van der Waals surface area contributed by atoms with E-state index in [-0.39, 0.29) is 0 Å². The Labute approximate surface area is 102 Å². The fraction of sp³-hybridized carbons (Fsp3) is 0.750. The van der Waals surface area contributed by atoms with E-state index < -0.39 is 0 Å². The molecular weight excluding hydrogens is 222 g/mol. The molecule has 1 aromatic heterocycles. The third kappa shape index (κ3) is 1.81. The van der Waals surface area contributed by atoms with Crippen molar-refractivity contribution in [1.29, 1.82) is 0 Å². The highest BCUT2D eigenvalue weighted by Gasteiger charge is 2.30. The molecule has 0 bridgehead atoms. The van der Waals surface area contributed by atoms with Crippen molar-refractivity contribution in [2.45, 2.75) is 46.1 Å². The van der Waals surface area contributed by atoms with Crippen LogP contribution >= 0.6 is 11.6 Å². The zero-order chi connectivity index (χ0) is 11.9. The highest BCUT2D eigenvalue weighted by molar-refractivity contribution is 6.33. The van der Waals surface area contributed by atoms with Gasteiger partial charge in [-0.3, -0.25) is 0 Å². The summed E-state index contributed by atoms with van der Waals surface area (Å²) in [7, 11) is 0. The molecule has 0 saturated heterocycles. The lowest BCUT2D eigenvalue weighted by Crippen LogP contribution is -2.28. The third-order valence-corrected chi connectivity index (χ3v) is 4.49. The fourth-order valence-electron chi connectivity index (χ4n) is 2.70. The molecule has 1 heterocycles. The highest BCUT2D eigenvalue weighted by Crippen LogP contribution is 2.39. The average Bonchev–Trinajstić information content (AvgIpc) is 2.50. The van der Waals surface area contributed by atoms with E-state index in [9.17, 15) is 0 Å². The van der Waals surface area contributed by atoms with Crippen molar-refractivity contribution in [3.8, 4) is 0 Å². The van der Waals surface area contributed by atoms with E-state index in [1.807, 2.05) is 11.6 Å². The van der Waals surface area contributed by atoms with Gasteiger partial charge in [0.15, 0.2) is 0 Å². The Hall–Kier alpha value is -0.700. The second kappa shape index (κ2) is 4.28. The molecule has 1 aliphatic carbocycles. The van der Waals surface area contributed by atoms with Crippen LogP contribution in [0.1, 0.15) is 44.8 Å². The minimum absolute atomic E-state index is 0.412. The summed E-state index contributed by atoms with van der Waals surface area (Å²) in [4.78, 5) is 0. The predicted molar refractivity (Wildman–Crippen MR) is 67.6 cm³/mol. The van der Waals surface area contributed by atoms with E-state index in [1.165, 1.54) is 12.8 Å². The van der Waals surface area contributed by atoms with Crippen LogP contribution in [0.15, 0.2) is 0 Å². The molecule has 2 N–H and O–H groups in total. The van der Waals surface area contributed by atoms with Gasteiger partial charge in [0.1, 0.15) is 10.8 Å². The Morgan fingerprint density at radius 3 is 2.62 bits per heavy atom. The van der Waals surface area contributed by atoms with Gasteiger partial charge in [0.2, 0.25) is 0 Å². The molecule has 1 aromatic rings. The van der Waals surface area contributed by atoms with E-state index >= 15 is 0 Å². The molecule has 90 valence electrons. The number of aryl methyl sites for hydroxylation is 1. The Morgan fingerprint density at radius 1 is 1.38 bits per heavy atom. The Morgan fingerprint density at radius 2 is 2.06 bits per heavy atom. The molecule has 1 saturated carbocycles. The third-order valence-electron chi connectivity index (χ3n) is 4.03. The van der Waals surface area contributed by atoms with Crippen molar-refractivity contribution in [2.24, 2.45) is 11.8 Å². The summed E-state index contributed by atoms with van der Waals surface area (Å²) in [6.07, 6.45) is 3.73. The van der Waals surface area contributed by atoms with Crippen LogP contribution in [0.3, 0.4) is 0 Å². The largest absolute Gasteiger partial charge is 0.383 e. The van der Waals surface area contributed by atoms with Crippen molar-refractivity contribution in [3.63, 3.8) is 0 Å². The van der Waals surface area contributed by atoms with Gasteiger partial charge >= 0.3 is 0 Å². The van der Waals surface area contributed by atoms with Gasteiger partial charge in [0.05, 0.1) is 11.7 Å². The summed E-state index contributed by atoms with van der Waals surface area (Å²) in [5, 5.41) is 5.09.